The fourth-order valence-corrected chi connectivity index (χ4v) is 2.10. The van der Waals surface area contributed by atoms with Crippen LogP contribution in [-0.4, -0.2) is 18.1 Å². The summed E-state index contributed by atoms with van der Waals surface area (Å²) in [6, 6.07) is 4.24. The molecule has 2 nitrogen and oxygen atoms in total. The number of aromatic nitrogens is 1. The van der Waals surface area contributed by atoms with Gasteiger partial charge in [0.05, 0.1) is 4.60 Å². The van der Waals surface area contributed by atoms with E-state index in [-0.39, 0.29) is 0 Å². The monoisotopic (exact) mass is 228 g/mol. The van der Waals surface area contributed by atoms with Crippen LogP contribution in [0.15, 0.2) is 16.7 Å². The van der Waals surface area contributed by atoms with Crippen molar-refractivity contribution >= 4 is 15.9 Å². The van der Waals surface area contributed by atoms with E-state index in [1.165, 1.54) is 25.1 Å². The zero-order valence-electron chi connectivity index (χ0n) is 6.94. The molecule has 2 rings (SSSR count). The van der Waals surface area contributed by atoms with Crippen molar-refractivity contribution in [2.45, 2.75) is 18.8 Å². The lowest BCUT2D eigenvalue weighted by Gasteiger charge is -2.21. The number of H-pyrrole nitrogens is 1. The van der Waals surface area contributed by atoms with Crippen molar-refractivity contribution in [1.29, 1.82) is 0 Å². The highest BCUT2D eigenvalue weighted by Crippen LogP contribution is 2.23. The third-order valence-electron chi connectivity index (χ3n) is 2.41. The molecule has 1 unspecified atom stereocenters. The number of aromatic amines is 1. The Kier molecular flexibility index (Phi) is 2.51. The van der Waals surface area contributed by atoms with Gasteiger partial charge >= 0.3 is 0 Å². The minimum absolute atomic E-state index is 0.685. The Morgan fingerprint density at radius 3 is 2.92 bits per heavy atom. The quantitative estimate of drug-likeness (QED) is 0.759. The van der Waals surface area contributed by atoms with Crippen LogP contribution >= 0.6 is 15.9 Å². The molecule has 0 spiro atoms. The molecule has 0 bridgehead atoms. The predicted molar refractivity (Wildman–Crippen MR) is 53.3 cm³/mol. The molecule has 0 saturated carbocycles. The summed E-state index contributed by atoms with van der Waals surface area (Å²) >= 11 is 3.42. The van der Waals surface area contributed by atoms with Crippen molar-refractivity contribution in [2.75, 3.05) is 13.1 Å². The van der Waals surface area contributed by atoms with Gasteiger partial charge in [0.1, 0.15) is 0 Å². The fourth-order valence-electron chi connectivity index (χ4n) is 1.74. The average molecular weight is 229 g/mol. The van der Waals surface area contributed by atoms with Gasteiger partial charge in [-0.1, -0.05) is 0 Å². The first-order chi connectivity index (χ1) is 5.86. The van der Waals surface area contributed by atoms with E-state index in [1.54, 1.807) is 0 Å². The second kappa shape index (κ2) is 3.62. The van der Waals surface area contributed by atoms with Crippen LogP contribution in [0.3, 0.4) is 0 Å². The molecule has 2 heterocycles. The molecular formula is C9H13BrN2. The molecule has 0 aromatic carbocycles. The smallest absolute Gasteiger partial charge is 0.0822 e. The van der Waals surface area contributed by atoms with E-state index in [2.05, 4.69) is 38.4 Å². The highest BCUT2D eigenvalue weighted by molar-refractivity contribution is 9.10. The summed E-state index contributed by atoms with van der Waals surface area (Å²) in [5.41, 5.74) is 1.36. The summed E-state index contributed by atoms with van der Waals surface area (Å²) in [4.78, 5) is 3.32. The molecule has 2 N–H and O–H groups in total. The van der Waals surface area contributed by atoms with Gasteiger partial charge in [0.2, 0.25) is 0 Å². The van der Waals surface area contributed by atoms with Crippen LogP contribution in [0.5, 0.6) is 0 Å². The largest absolute Gasteiger partial charge is 0.353 e. The summed E-state index contributed by atoms with van der Waals surface area (Å²) in [6.07, 6.45) is 2.60. The van der Waals surface area contributed by atoms with Crippen LogP contribution in [0, 0.1) is 0 Å². The first-order valence-corrected chi connectivity index (χ1v) is 5.20. The molecule has 66 valence electrons. The van der Waals surface area contributed by atoms with E-state index in [1.807, 2.05) is 0 Å². The van der Waals surface area contributed by atoms with E-state index in [9.17, 15) is 0 Å². The van der Waals surface area contributed by atoms with Gasteiger partial charge in [0.25, 0.3) is 0 Å². The van der Waals surface area contributed by atoms with Crippen LogP contribution in [0.4, 0.5) is 0 Å². The summed E-state index contributed by atoms with van der Waals surface area (Å²) in [7, 11) is 0. The highest BCUT2D eigenvalue weighted by Gasteiger charge is 2.15. The highest BCUT2D eigenvalue weighted by atomic mass is 79.9. The van der Waals surface area contributed by atoms with E-state index in [4.69, 9.17) is 0 Å². The third kappa shape index (κ3) is 1.72. The van der Waals surface area contributed by atoms with E-state index >= 15 is 0 Å². The minimum atomic E-state index is 0.685. The van der Waals surface area contributed by atoms with Gasteiger partial charge in [-0.3, -0.25) is 0 Å². The van der Waals surface area contributed by atoms with E-state index in [0.717, 1.165) is 11.1 Å². The molecule has 1 aliphatic rings. The molecule has 0 radical (unpaired) electrons. The molecule has 12 heavy (non-hydrogen) atoms. The zero-order valence-corrected chi connectivity index (χ0v) is 8.52. The SMILES string of the molecule is Brc1ccc(C2CCCNC2)[nH]1. The maximum atomic E-state index is 3.42. The first-order valence-electron chi connectivity index (χ1n) is 4.41. The number of hydrogen-bond acceptors (Lipinski definition) is 1. The van der Waals surface area contributed by atoms with Crippen molar-refractivity contribution in [3.8, 4) is 0 Å². The van der Waals surface area contributed by atoms with Crippen LogP contribution in [0.1, 0.15) is 24.5 Å². The Morgan fingerprint density at radius 2 is 2.33 bits per heavy atom. The van der Waals surface area contributed by atoms with Crippen molar-refractivity contribution in [2.24, 2.45) is 0 Å². The topological polar surface area (TPSA) is 27.8 Å². The Bertz CT molecular complexity index is 251. The lowest BCUT2D eigenvalue weighted by atomic mass is 9.97. The number of hydrogen-bond donors (Lipinski definition) is 2. The lowest BCUT2D eigenvalue weighted by Crippen LogP contribution is -2.28. The van der Waals surface area contributed by atoms with Gasteiger partial charge in [-0.15, -0.1) is 0 Å². The van der Waals surface area contributed by atoms with Gasteiger partial charge in [0.15, 0.2) is 0 Å². The van der Waals surface area contributed by atoms with E-state index < -0.39 is 0 Å². The van der Waals surface area contributed by atoms with Gasteiger partial charge in [-0.2, -0.15) is 0 Å². The van der Waals surface area contributed by atoms with Gasteiger partial charge in [-0.05, 0) is 47.4 Å². The van der Waals surface area contributed by atoms with Gasteiger partial charge in [-0.25, -0.2) is 0 Å². The summed E-state index contributed by atoms with van der Waals surface area (Å²) in [5.74, 6) is 0.685. The fraction of sp³-hybridized carbons (Fsp3) is 0.556. The van der Waals surface area contributed by atoms with Crippen molar-refractivity contribution in [1.82, 2.24) is 10.3 Å². The van der Waals surface area contributed by atoms with Gasteiger partial charge in [0, 0.05) is 18.2 Å². The van der Waals surface area contributed by atoms with Gasteiger partial charge < -0.3 is 10.3 Å². The molecule has 1 aromatic rings. The predicted octanol–water partition coefficient (Wildman–Crippen LogP) is 2.24. The van der Waals surface area contributed by atoms with Crippen LogP contribution in [0.2, 0.25) is 0 Å². The van der Waals surface area contributed by atoms with Crippen molar-refractivity contribution < 1.29 is 0 Å². The Labute approximate surface area is 80.9 Å². The number of halogens is 1. The molecule has 1 aliphatic heterocycles. The summed E-state index contributed by atoms with van der Waals surface area (Å²) in [5, 5.41) is 3.41. The number of nitrogens with one attached hydrogen (secondary N) is 2. The normalized spacial score (nSPS) is 24.2. The number of rotatable bonds is 1. The number of piperidine rings is 1. The molecule has 0 aliphatic carbocycles. The van der Waals surface area contributed by atoms with Crippen LogP contribution in [0.25, 0.3) is 0 Å². The lowest BCUT2D eigenvalue weighted by molar-refractivity contribution is 0.455. The zero-order chi connectivity index (χ0) is 8.39. The second-order valence-electron chi connectivity index (χ2n) is 3.30. The summed E-state index contributed by atoms with van der Waals surface area (Å²) in [6.45, 7) is 2.30. The molecule has 0 amide bonds. The summed E-state index contributed by atoms with van der Waals surface area (Å²) < 4.78 is 1.09. The second-order valence-corrected chi connectivity index (χ2v) is 4.16. The Balaban J connectivity index is 2.08. The minimum Gasteiger partial charge on any atom is -0.353 e. The Morgan fingerprint density at radius 1 is 1.42 bits per heavy atom. The van der Waals surface area contributed by atoms with Crippen molar-refractivity contribution in [3.05, 3.63) is 22.4 Å². The van der Waals surface area contributed by atoms with E-state index in [0.29, 0.717) is 5.92 Å². The molecule has 1 saturated heterocycles. The molecule has 1 atom stereocenters. The maximum Gasteiger partial charge on any atom is 0.0822 e. The standard InChI is InChI=1S/C9H13BrN2/c10-9-4-3-8(12-9)7-2-1-5-11-6-7/h3-4,7,11-12H,1-2,5-6H2. The average Bonchev–Trinajstić information content (AvgIpc) is 2.54. The third-order valence-corrected chi connectivity index (χ3v) is 2.87. The molecule has 1 aromatic heterocycles. The van der Waals surface area contributed by atoms with Crippen molar-refractivity contribution in [3.63, 3.8) is 0 Å². The molecule has 1 fully saturated rings. The Hall–Kier alpha value is -0.280. The van der Waals surface area contributed by atoms with Crippen LogP contribution in [-0.2, 0) is 0 Å². The molecular weight excluding hydrogens is 216 g/mol. The first kappa shape index (κ1) is 8.32. The van der Waals surface area contributed by atoms with Crippen LogP contribution < -0.4 is 5.32 Å². The maximum absolute atomic E-state index is 3.42. The molecule has 3 heteroatoms.